The van der Waals surface area contributed by atoms with Crippen LogP contribution in [0.25, 0.3) is 0 Å². The lowest BCUT2D eigenvalue weighted by Crippen LogP contribution is -2.34. The quantitative estimate of drug-likeness (QED) is 0.749. The minimum Gasteiger partial charge on any atom is -0.402 e. The van der Waals surface area contributed by atoms with Crippen molar-refractivity contribution in [2.24, 2.45) is 0 Å². The molecule has 92 valence electrons. The predicted octanol–water partition coefficient (Wildman–Crippen LogP) is 2.66. The van der Waals surface area contributed by atoms with Crippen molar-refractivity contribution in [3.05, 3.63) is 0 Å². The van der Waals surface area contributed by atoms with Gasteiger partial charge in [0.1, 0.15) is 0 Å². The van der Waals surface area contributed by atoms with Crippen LogP contribution in [0.4, 0.5) is 0 Å². The van der Waals surface area contributed by atoms with Crippen molar-refractivity contribution in [3.63, 3.8) is 0 Å². The van der Waals surface area contributed by atoms with Gasteiger partial charge in [-0.15, -0.1) is 0 Å². The molecule has 2 rings (SSSR count). The molecule has 0 aromatic heterocycles. The molecule has 0 atom stereocenters. The summed E-state index contributed by atoms with van der Waals surface area (Å²) in [5.74, 6) is 0. The molecule has 0 aliphatic heterocycles. The maximum Gasteiger partial charge on any atom is 0.637 e. The molecular formula is C12H23BO3. The van der Waals surface area contributed by atoms with Gasteiger partial charge in [-0.1, -0.05) is 38.5 Å². The Morgan fingerprint density at radius 3 is 1.44 bits per heavy atom. The summed E-state index contributed by atoms with van der Waals surface area (Å²) in [5.41, 5.74) is 0. The highest BCUT2D eigenvalue weighted by molar-refractivity contribution is 6.34. The SMILES string of the molecule is OB(OC1CCCCC1)OC1CCCCC1. The van der Waals surface area contributed by atoms with Crippen molar-refractivity contribution in [1.29, 1.82) is 0 Å². The molecular weight excluding hydrogens is 203 g/mol. The van der Waals surface area contributed by atoms with Gasteiger partial charge in [-0.3, -0.25) is 0 Å². The summed E-state index contributed by atoms with van der Waals surface area (Å²) >= 11 is 0. The molecule has 0 aromatic carbocycles. The standard InChI is InChI=1S/C12H23BO3/c14-13(15-11-7-3-1-4-8-11)16-12-9-5-2-6-10-12/h11-12,14H,1-10H2. The van der Waals surface area contributed by atoms with Gasteiger partial charge < -0.3 is 14.3 Å². The highest BCUT2D eigenvalue weighted by Gasteiger charge is 2.27. The third kappa shape index (κ3) is 4.08. The van der Waals surface area contributed by atoms with Crippen LogP contribution in [0.5, 0.6) is 0 Å². The van der Waals surface area contributed by atoms with Crippen molar-refractivity contribution in [3.8, 4) is 0 Å². The van der Waals surface area contributed by atoms with Crippen LogP contribution in [-0.2, 0) is 9.31 Å². The predicted molar refractivity (Wildman–Crippen MR) is 63.9 cm³/mol. The lowest BCUT2D eigenvalue weighted by Gasteiger charge is -2.27. The summed E-state index contributed by atoms with van der Waals surface area (Å²) in [4.78, 5) is 0. The summed E-state index contributed by atoms with van der Waals surface area (Å²) in [6, 6.07) is 0. The van der Waals surface area contributed by atoms with Gasteiger partial charge in [-0.05, 0) is 25.7 Å². The van der Waals surface area contributed by atoms with Gasteiger partial charge in [0.25, 0.3) is 0 Å². The van der Waals surface area contributed by atoms with Crippen LogP contribution < -0.4 is 0 Å². The monoisotopic (exact) mass is 226 g/mol. The zero-order valence-corrected chi connectivity index (χ0v) is 10.1. The third-order valence-electron chi connectivity index (χ3n) is 3.72. The van der Waals surface area contributed by atoms with Gasteiger partial charge in [0.2, 0.25) is 0 Å². The molecule has 2 aliphatic rings. The maximum absolute atomic E-state index is 9.71. The van der Waals surface area contributed by atoms with E-state index in [1.807, 2.05) is 0 Å². The molecule has 4 heteroatoms. The van der Waals surface area contributed by atoms with Crippen LogP contribution in [0.1, 0.15) is 64.2 Å². The first-order chi connectivity index (χ1) is 7.84. The Balaban J connectivity index is 1.64. The number of hydrogen-bond donors (Lipinski definition) is 1. The highest BCUT2D eigenvalue weighted by Crippen LogP contribution is 2.23. The molecule has 16 heavy (non-hydrogen) atoms. The van der Waals surface area contributed by atoms with E-state index in [1.165, 1.54) is 38.5 Å². The third-order valence-corrected chi connectivity index (χ3v) is 3.72. The molecule has 0 amide bonds. The second-order valence-electron chi connectivity index (χ2n) is 5.10. The fourth-order valence-electron chi connectivity index (χ4n) is 2.76. The van der Waals surface area contributed by atoms with Crippen molar-refractivity contribution in [1.82, 2.24) is 0 Å². The Morgan fingerprint density at radius 1 is 0.688 bits per heavy atom. The molecule has 2 aliphatic carbocycles. The van der Waals surface area contributed by atoms with Gasteiger partial charge in [-0.2, -0.15) is 0 Å². The first kappa shape index (κ1) is 12.4. The van der Waals surface area contributed by atoms with Crippen molar-refractivity contribution in [2.45, 2.75) is 76.4 Å². The van der Waals surface area contributed by atoms with Gasteiger partial charge in [-0.25, -0.2) is 0 Å². The fraction of sp³-hybridized carbons (Fsp3) is 1.00. The summed E-state index contributed by atoms with van der Waals surface area (Å²) in [7, 11) is -0.994. The summed E-state index contributed by atoms with van der Waals surface area (Å²) in [6.07, 6.45) is 12.2. The van der Waals surface area contributed by atoms with Crippen LogP contribution in [0.15, 0.2) is 0 Å². The second kappa shape index (κ2) is 6.62. The van der Waals surface area contributed by atoms with E-state index in [0.717, 1.165) is 25.7 Å². The van der Waals surface area contributed by atoms with Gasteiger partial charge in [0, 0.05) is 12.2 Å². The molecule has 0 radical (unpaired) electrons. The van der Waals surface area contributed by atoms with Crippen LogP contribution in [0.2, 0.25) is 0 Å². The maximum atomic E-state index is 9.71. The van der Waals surface area contributed by atoms with E-state index in [9.17, 15) is 5.02 Å². The lowest BCUT2D eigenvalue weighted by atomic mass is 9.95. The molecule has 0 saturated heterocycles. The fourth-order valence-corrected chi connectivity index (χ4v) is 2.76. The van der Waals surface area contributed by atoms with Crippen molar-refractivity contribution in [2.75, 3.05) is 0 Å². The molecule has 3 nitrogen and oxygen atoms in total. The Kier molecular flexibility index (Phi) is 5.14. The Hall–Kier alpha value is -0.0551. The van der Waals surface area contributed by atoms with E-state index in [4.69, 9.17) is 9.31 Å². The molecule has 1 N–H and O–H groups in total. The van der Waals surface area contributed by atoms with E-state index in [2.05, 4.69) is 0 Å². The Morgan fingerprint density at radius 2 is 1.06 bits per heavy atom. The van der Waals surface area contributed by atoms with Crippen LogP contribution >= 0.6 is 0 Å². The zero-order chi connectivity index (χ0) is 11.2. The number of rotatable bonds is 4. The van der Waals surface area contributed by atoms with Crippen molar-refractivity contribution >= 4 is 7.32 Å². The van der Waals surface area contributed by atoms with E-state index in [-0.39, 0.29) is 12.2 Å². The number of hydrogen-bond acceptors (Lipinski definition) is 3. The molecule has 0 bridgehead atoms. The molecule has 0 heterocycles. The topological polar surface area (TPSA) is 38.7 Å². The molecule has 2 saturated carbocycles. The highest BCUT2D eigenvalue weighted by atomic mass is 16.7. The Labute approximate surface area is 98.7 Å². The summed E-state index contributed by atoms with van der Waals surface area (Å²) in [6.45, 7) is 0. The lowest BCUT2D eigenvalue weighted by molar-refractivity contribution is 0.0288. The molecule has 0 spiro atoms. The van der Waals surface area contributed by atoms with E-state index < -0.39 is 7.32 Å². The van der Waals surface area contributed by atoms with Crippen LogP contribution in [0, 0.1) is 0 Å². The molecule has 2 fully saturated rings. The van der Waals surface area contributed by atoms with Gasteiger partial charge in [0.05, 0.1) is 0 Å². The second-order valence-corrected chi connectivity index (χ2v) is 5.10. The van der Waals surface area contributed by atoms with Gasteiger partial charge >= 0.3 is 7.32 Å². The van der Waals surface area contributed by atoms with Gasteiger partial charge in [0.15, 0.2) is 0 Å². The zero-order valence-electron chi connectivity index (χ0n) is 10.1. The summed E-state index contributed by atoms with van der Waals surface area (Å²) in [5, 5.41) is 9.71. The van der Waals surface area contributed by atoms with E-state index in [0.29, 0.717) is 0 Å². The first-order valence-electron chi connectivity index (χ1n) is 6.83. The van der Waals surface area contributed by atoms with Crippen molar-refractivity contribution < 1.29 is 14.3 Å². The first-order valence-corrected chi connectivity index (χ1v) is 6.83. The smallest absolute Gasteiger partial charge is 0.402 e. The normalized spacial score (nSPS) is 24.6. The largest absolute Gasteiger partial charge is 0.637 e. The van der Waals surface area contributed by atoms with E-state index >= 15 is 0 Å². The van der Waals surface area contributed by atoms with Crippen LogP contribution in [0.3, 0.4) is 0 Å². The average Bonchev–Trinajstić information content (AvgIpc) is 2.31. The average molecular weight is 226 g/mol. The molecule has 0 unspecified atom stereocenters. The van der Waals surface area contributed by atoms with Crippen LogP contribution in [-0.4, -0.2) is 24.6 Å². The van der Waals surface area contributed by atoms with E-state index in [1.54, 1.807) is 0 Å². The minimum absolute atomic E-state index is 0.215. The molecule has 0 aromatic rings. The Bertz CT molecular complexity index is 169. The summed E-state index contributed by atoms with van der Waals surface area (Å²) < 4.78 is 11.1. The minimum atomic E-state index is -0.994.